The third kappa shape index (κ3) is 3.66. The molecule has 17 heavy (non-hydrogen) atoms. The summed E-state index contributed by atoms with van der Waals surface area (Å²) in [7, 11) is 1.94. The summed E-state index contributed by atoms with van der Waals surface area (Å²) >= 11 is 5.28. The maximum absolute atomic E-state index is 4.18. The number of aromatic nitrogens is 2. The molecular formula is C12H16BrN3S. The minimum atomic E-state index is 0.354. The molecule has 0 aromatic carbocycles. The van der Waals surface area contributed by atoms with Crippen LogP contribution in [0.3, 0.4) is 0 Å². The topological polar surface area (TPSA) is 29.9 Å². The molecule has 1 unspecified atom stereocenters. The Labute approximate surface area is 114 Å². The fraction of sp³-hybridized carbons (Fsp3) is 0.417. The number of hydrogen-bond donors (Lipinski definition) is 1. The third-order valence-electron chi connectivity index (χ3n) is 2.68. The van der Waals surface area contributed by atoms with Crippen molar-refractivity contribution in [2.24, 2.45) is 7.05 Å². The van der Waals surface area contributed by atoms with Crippen molar-refractivity contribution in [3.05, 3.63) is 38.8 Å². The second-order valence-corrected chi connectivity index (χ2v) is 6.63. The first-order chi connectivity index (χ1) is 8.15. The Morgan fingerprint density at radius 1 is 1.53 bits per heavy atom. The van der Waals surface area contributed by atoms with Gasteiger partial charge in [0, 0.05) is 36.3 Å². The van der Waals surface area contributed by atoms with Crippen molar-refractivity contribution in [3.8, 4) is 0 Å². The zero-order valence-corrected chi connectivity index (χ0v) is 12.4. The first kappa shape index (κ1) is 12.8. The Balaban J connectivity index is 1.78. The van der Waals surface area contributed by atoms with Gasteiger partial charge in [0.15, 0.2) is 0 Å². The number of thiophene rings is 1. The van der Waals surface area contributed by atoms with E-state index in [1.807, 2.05) is 17.9 Å². The van der Waals surface area contributed by atoms with Crippen molar-refractivity contribution < 1.29 is 0 Å². The smallest absolute Gasteiger partial charge is 0.0701 e. The number of nitrogens with one attached hydrogen (secondary N) is 1. The van der Waals surface area contributed by atoms with Crippen LogP contribution < -0.4 is 5.32 Å². The maximum Gasteiger partial charge on any atom is 0.0701 e. The summed E-state index contributed by atoms with van der Waals surface area (Å²) in [6.45, 7) is 3.16. The molecule has 1 atom stereocenters. The zero-order chi connectivity index (χ0) is 12.3. The van der Waals surface area contributed by atoms with Crippen molar-refractivity contribution in [2.45, 2.75) is 19.4 Å². The van der Waals surface area contributed by atoms with Gasteiger partial charge in [-0.3, -0.25) is 4.68 Å². The van der Waals surface area contributed by atoms with E-state index in [4.69, 9.17) is 0 Å². The zero-order valence-electron chi connectivity index (χ0n) is 9.98. The summed E-state index contributed by atoms with van der Waals surface area (Å²) in [6.07, 6.45) is 5.04. The number of aryl methyl sites for hydroxylation is 1. The molecule has 0 radical (unpaired) electrons. The van der Waals surface area contributed by atoms with Crippen LogP contribution >= 0.6 is 27.3 Å². The highest BCUT2D eigenvalue weighted by atomic mass is 79.9. The van der Waals surface area contributed by atoms with Gasteiger partial charge in [-0.1, -0.05) is 0 Å². The largest absolute Gasteiger partial charge is 0.310 e. The van der Waals surface area contributed by atoms with Gasteiger partial charge in [-0.25, -0.2) is 0 Å². The Morgan fingerprint density at radius 2 is 2.35 bits per heavy atom. The van der Waals surface area contributed by atoms with E-state index in [1.165, 1.54) is 14.2 Å². The molecule has 0 saturated carbocycles. The van der Waals surface area contributed by atoms with Crippen molar-refractivity contribution in [3.63, 3.8) is 0 Å². The SMILES string of the molecule is CC(NCCc1ccc(Br)s1)c1cnn(C)c1. The van der Waals surface area contributed by atoms with Gasteiger partial charge in [0.25, 0.3) is 0 Å². The molecule has 2 rings (SSSR count). The summed E-state index contributed by atoms with van der Waals surface area (Å²) in [4.78, 5) is 1.41. The van der Waals surface area contributed by atoms with Gasteiger partial charge >= 0.3 is 0 Å². The molecule has 3 nitrogen and oxygen atoms in total. The summed E-state index contributed by atoms with van der Waals surface area (Å²) in [6, 6.07) is 4.63. The van der Waals surface area contributed by atoms with Gasteiger partial charge in [-0.05, 0) is 41.4 Å². The fourth-order valence-corrected chi connectivity index (χ4v) is 3.16. The Bertz CT molecular complexity index is 478. The van der Waals surface area contributed by atoms with Crippen LogP contribution in [0.1, 0.15) is 23.4 Å². The van der Waals surface area contributed by atoms with Crippen molar-refractivity contribution in [1.82, 2.24) is 15.1 Å². The Hall–Kier alpha value is -0.650. The first-order valence-corrected chi connectivity index (χ1v) is 7.22. The highest BCUT2D eigenvalue weighted by Crippen LogP contribution is 2.22. The predicted octanol–water partition coefficient (Wildman–Crippen LogP) is 3.14. The predicted molar refractivity (Wildman–Crippen MR) is 75.3 cm³/mol. The Kier molecular flexibility index (Phi) is 4.36. The van der Waals surface area contributed by atoms with E-state index in [1.54, 1.807) is 11.3 Å². The summed E-state index contributed by atoms with van der Waals surface area (Å²) in [5.41, 5.74) is 1.24. The third-order valence-corrected chi connectivity index (χ3v) is 4.36. The molecule has 0 fully saturated rings. The van der Waals surface area contributed by atoms with Gasteiger partial charge in [0.05, 0.1) is 9.98 Å². The molecule has 2 aromatic heterocycles. The van der Waals surface area contributed by atoms with Crippen molar-refractivity contribution in [2.75, 3.05) is 6.54 Å². The quantitative estimate of drug-likeness (QED) is 0.919. The molecule has 5 heteroatoms. The van der Waals surface area contributed by atoms with E-state index in [0.29, 0.717) is 6.04 Å². The maximum atomic E-state index is 4.18. The van der Waals surface area contributed by atoms with E-state index >= 15 is 0 Å². The standard InChI is InChI=1S/C12H16BrN3S/c1-9(10-7-15-16(2)8-10)14-6-5-11-3-4-12(13)17-11/h3-4,7-9,14H,5-6H2,1-2H3. The van der Waals surface area contributed by atoms with Crippen LogP contribution in [-0.4, -0.2) is 16.3 Å². The minimum Gasteiger partial charge on any atom is -0.310 e. The molecule has 0 aliphatic heterocycles. The number of rotatable bonds is 5. The van der Waals surface area contributed by atoms with Crippen LogP contribution in [0.4, 0.5) is 0 Å². The number of halogens is 1. The lowest BCUT2D eigenvalue weighted by atomic mass is 10.2. The van der Waals surface area contributed by atoms with Crippen molar-refractivity contribution >= 4 is 27.3 Å². The van der Waals surface area contributed by atoms with E-state index in [0.717, 1.165) is 13.0 Å². The second kappa shape index (κ2) is 5.80. The normalized spacial score (nSPS) is 12.9. The second-order valence-electron chi connectivity index (χ2n) is 4.08. The number of nitrogens with zero attached hydrogens (tertiary/aromatic N) is 2. The summed E-state index contributed by atoms with van der Waals surface area (Å²) < 4.78 is 3.04. The fourth-order valence-electron chi connectivity index (χ4n) is 1.68. The summed E-state index contributed by atoms with van der Waals surface area (Å²) in [5.74, 6) is 0. The van der Waals surface area contributed by atoms with E-state index < -0.39 is 0 Å². The van der Waals surface area contributed by atoms with Crippen LogP contribution in [0, 0.1) is 0 Å². The molecule has 0 aliphatic rings. The van der Waals surface area contributed by atoms with Gasteiger partial charge in [0.1, 0.15) is 0 Å². The molecule has 0 aliphatic carbocycles. The van der Waals surface area contributed by atoms with Crippen LogP contribution in [0.15, 0.2) is 28.3 Å². The molecule has 2 heterocycles. The highest BCUT2D eigenvalue weighted by Gasteiger charge is 2.06. The monoisotopic (exact) mass is 313 g/mol. The van der Waals surface area contributed by atoms with Crippen LogP contribution in [0.5, 0.6) is 0 Å². The minimum absolute atomic E-state index is 0.354. The summed E-state index contributed by atoms with van der Waals surface area (Å²) in [5, 5.41) is 7.69. The average molecular weight is 314 g/mol. The molecule has 2 aromatic rings. The lowest BCUT2D eigenvalue weighted by Gasteiger charge is -2.11. The van der Waals surface area contributed by atoms with Gasteiger partial charge in [-0.2, -0.15) is 5.10 Å². The molecular weight excluding hydrogens is 298 g/mol. The van der Waals surface area contributed by atoms with Crippen LogP contribution in [0.25, 0.3) is 0 Å². The van der Waals surface area contributed by atoms with Crippen LogP contribution in [0.2, 0.25) is 0 Å². The number of hydrogen-bond acceptors (Lipinski definition) is 3. The average Bonchev–Trinajstić information content (AvgIpc) is 2.88. The van der Waals surface area contributed by atoms with E-state index in [2.05, 4.69) is 51.6 Å². The lowest BCUT2D eigenvalue weighted by Crippen LogP contribution is -2.20. The van der Waals surface area contributed by atoms with Gasteiger partial charge in [0.2, 0.25) is 0 Å². The van der Waals surface area contributed by atoms with E-state index in [-0.39, 0.29) is 0 Å². The van der Waals surface area contributed by atoms with Gasteiger partial charge in [-0.15, -0.1) is 11.3 Å². The molecule has 0 amide bonds. The van der Waals surface area contributed by atoms with Gasteiger partial charge < -0.3 is 5.32 Å². The van der Waals surface area contributed by atoms with Crippen LogP contribution in [-0.2, 0) is 13.5 Å². The molecule has 0 saturated heterocycles. The first-order valence-electron chi connectivity index (χ1n) is 5.61. The highest BCUT2D eigenvalue weighted by molar-refractivity contribution is 9.11. The van der Waals surface area contributed by atoms with Crippen molar-refractivity contribution in [1.29, 1.82) is 0 Å². The van der Waals surface area contributed by atoms with E-state index in [9.17, 15) is 0 Å². The molecule has 0 spiro atoms. The Morgan fingerprint density at radius 3 is 2.94 bits per heavy atom. The molecule has 92 valence electrons. The lowest BCUT2D eigenvalue weighted by molar-refractivity contribution is 0.578. The molecule has 1 N–H and O–H groups in total. The molecule has 0 bridgehead atoms.